The second kappa shape index (κ2) is 10.0. The smallest absolute Gasteiger partial charge is 0.418 e. The lowest BCUT2D eigenvalue weighted by Crippen LogP contribution is -2.39. The lowest BCUT2D eigenvalue weighted by atomic mass is 10.1. The zero-order valence-corrected chi connectivity index (χ0v) is 19.5. The number of alkyl halides is 8. The molecule has 1 amide bonds. The summed E-state index contributed by atoms with van der Waals surface area (Å²) in [5, 5.41) is 2.17. The molecular weight excluding hydrogens is 516 g/mol. The molecule has 37 heavy (non-hydrogen) atoms. The molecule has 0 saturated carbocycles. The molecule has 14 heteroatoms. The summed E-state index contributed by atoms with van der Waals surface area (Å²) in [6.07, 6.45) is -9.97. The van der Waals surface area contributed by atoms with Crippen LogP contribution in [-0.4, -0.2) is 49.2 Å². The van der Waals surface area contributed by atoms with E-state index in [1.54, 1.807) is 4.90 Å². The molecule has 0 spiro atoms. The van der Waals surface area contributed by atoms with E-state index >= 15 is 0 Å². The topological polar surface area (TPSA) is 61.6 Å². The summed E-state index contributed by atoms with van der Waals surface area (Å²) in [4.78, 5) is 19.4. The maximum Gasteiger partial charge on any atom is 0.418 e. The zero-order valence-electron chi connectivity index (χ0n) is 19.5. The van der Waals surface area contributed by atoms with Crippen molar-refractivity contribution in [1.29, 1.82) is 0 Å². The molecule has 3 heterocycles. The Labute approximate surface area is 206 Å². The summed E-state index contributed by atoms with van der Waals surface area (Å²) < 4.78 is 113. The molecule has 2 aromatic rings. The highest BCUT2D eigenvalue weighted by Gasteiger charge is 2.39. The summed E-state index contributed by atoms with van der Waals surface area (Å²) >= 11 is 0. The van der Waals surface area contributed by atoms with E-state index in [-0.39, 0.29) is 24.5 Å². The standard InChI is InChI=1S/C23H24F8N4O2/c24-21(25)6-10-35(11-7-21)20-33-18(17(37-20)13-22(26,27)28)19(36)32-14-4-5-16(15(12-14)23(29,30)31)34-8-2-1-3-9-34/h4-5,12H,1-3,6-11,13H2,(H,32,36). The van der Waals surface area contributed by atoms with Gasteiger partial charge in [0, 0.05) is 50.4 Å². The molecule has 0 bridgehead atoms. The monoisotopic (exact) mass is 540 g/mol. The second-order valence-corrected chi connectivity index (χ2v) is 9.13. The van der Waals surface area contributed by atoms with Crippen LogP contribution in [0, 0.1) is 0 Å². The fourth-order valence-electron chi connectivity index (χ4n) is 4.42. The van der Waals surface area contributed by atoms with E-state index in [4.69, 9.17) is 4.42 Å². The number of halogens is 8. The van der Waals surface area contributed by atoms with E-state index in [2.05, 4.69) is 10.3 Å². The van der Waals surface area contributed by atoms with Crippen molar-refractivity contribution in [3.63, 3.8) is 0 Å². The van der Waals surface area contributed by atoms with Gasteiger partial charge in [-0.05, 0) is 37.5 Å². The van der Waals surface area contributed by atoms with Gasteiger partial charge in [0.1, 0.15) is 12.2 Å². The minimum Gasteiger partial charge on any atom is -0.427 e. The highest BCUT2D eigenvalue weighted by atomic mass is 19.4. The first-order valence-corrected chi connectivity index (χ1v) is 11.7. The number of nitrogens with zero attached hydrogens (tertiary/aromatic N) is 3. The quantitative estimate of drug-likeness (QED) is 0.453. The fourth-order valence-corrected chi connectivity index (χ4v) is 4.42. The maximum atomic E-state index is 13.8. The zero-order chi connectivity index (χ0) is 27.0. The molecular formula is C23H24F8N4O2. The van der Waals surface area contributed by atoms with Crippen molar-refractivity contribution in [2.45, 2.75) is 56.8 Å². The molecule has 4 rings (SSSR count). The average molecular weight is 540 g/mol. The normalized spacial score (nSPS) is 18.7. The van der Waals surface area contributed by atoms with Crippen molar-refractivity contribution >= 4 is 23.3 Å². The van der Waals surface area contributed by atoms with E-state index in [0.717, 1.165) is 25.3 Å². The van der Waals surface area contributed by atoms with Crippen LogP contribution in [0.25, 0.3) is 0 Å². The number of piperidine rings is 2. The molecule has 2 fully saturated rings. The molecule has 2 saturated heterocycles. The van der Waals surface area contributed by atoms with Crippen LogP contribution in [-0.2, 0) is 12.6 Å². The van der Waals surface area contributed by atoms with Gasteiger partial charge in [0.05, 0.1) is 5.56 Å². The van der Waals surface area contributed by atoms with E-state index in [1.807, 2.05) is 0 Å². The number of hydrogen-bond donors (Lipinski definition) is 1. The Bertz CT molecular complexity index is 1110. The third-order valence-corrected chi connectivity index (χ3v) is 6.28. The predicted octanol–water partition coefficient (Wildman–Crippen LogP) is 6.28. The van der Waals surface area contributed by atoms with Gasteiger partial charge in [0.15, 0.2) is 5.69 Å². The van der Waals surface area contributed by atoms with Gasteiger partial charge in [-0.2, -0.15) is 31.3 Å². The summed E-state index contributed by atoms with van der Waals surface area (Å²) in [5.41, 5.74) is -2.11. The van der Waals surface area contributed by atoms with Crippen LogP contribution in [0.1, 0.15) is 53.9 Å². The van der Waals surface area contributed by atoms with Crippen LogP contribution in [0.15, 0.2) is 22.6 Å². The molecule has 1 aromatic carbocycles. The SMILES string of the molecule is O=C(Nc1ccc(N2CCCCC2)c(C(F)(F)F)c1)c1nc(N2CCC(F)(F)CC2)oc1CC(F)(F)F. The van der Waals surface area contributed by atoms with Crippen molar-refractivity contribution in [3.8, 4) is 0 Å². The number of amides is 1. The fraction of sp³-hybridized carbons (Fsp3) is 0.565. The van der Waals surface area contributed by atoms with Crippen LogP contribution < -0.4 is 15.1 Å². The number of rotatable bonds is 5. The number of aromatic nitrogens is 1. The van der Waals surface area contributed by atoms with E-state index in [9.17, 15) is 39.9 Å². The number of oxazole rings is 1. The van der Waals surface area contributed by atoms with E-state index < -0.39 is 66.5 Å². The van der Waals surface area contributed by atoms with Crippen molar-refractivity contribution in [2.75, 3.05) is 41.3 Å². The van der Waals surface area contributed by atoms with Gasteiger partial charge < -0.3 is 19.5 Å². The first-order chi connectivity index (χ1) is 17.2. The molecule has 1 aromatic heterocycles. The molecule has 0 atom stereocenters. The van der Waals surface area contributed by atoms with Crippen LogP contribution in [0.5, 0.6) is 0 Å². The Morgan fingerprint density at radius 2 is 1.62 bits per heavy atom. The van der Waals surface area contributed by atoms with E-state index in [1.165, 1.54) is 17.0 Å². The van der Waals surface area contributed by atoms with Gasteiger partial charge in [-0.15, -0.1) is 0 Å². The summed E-state index contributed by atoms with van der Waals surface area (Å²) in [6.45, 7) is 0.374. The molecule has 0 aliphatic carbocycles. The minimum atomic E-state index is -4.79. The van der Waals surface area contributed by atoms with Crippen molar-refractivity contribution in [3.05, 3.63) is 35.2 Å². The number of hydrogen-bond acceptors (Lipinski definition) is 5. The highest BCUT2D eigenvalue weighted by Crippen LogP contribution is 2.39. The van der Waals surface area contributed by atoms with Gasteiger partial charge in [-0.1, -0.05) is 0 Å². The Morgan fingerprint density at radius 3 is 2.22 bits per heavy atom. The Balaban J connectivity index is 1.60. The second-order valence-electron chi connectivity index (χ2n) is 9.13. The lowest BCUT2D eigenvalue weighted by Gasteiger charge is -2.31. The maximum absolute atomic E-state index is 13.8. The minimum absolute atomic E-state index is 0.0476. The molecule has 1 N–H and O–H groups in total. The van der Waals surface area contributed by atoms with Crippen LogP contribution >= 0.6 is 0 Å². The van der Waals surface area contributed by atoms with Crippen LogP contribution in [0.3, 0.4) is 0 Å². The molecule has 0 radical (unpaired) electrons. The summed E-state index contributed by atoms with van der Waals surface area (Å²) in [5.74, 6) is -5.01. The average Bonchev–Trinajstić information content (AvgIpc) is 3.21. The molecule has 2 aliphatic heterocycles. The van der Waals surface area contributed by atoms with Gasteiger partial charge in [-0.3, -0.25) is 4.79 Å². The lowest BCUT2D eigenvalue weighted by molar-refractivity contribution is -0.137. The first-order valence-electron chi connectivity index (χ1n) is 11.7. The van der Waals surface area contributed by atoms with E-state index in [0.29, 0.717) is 13.1 Å². The third-order valence-electron chi connectivity index (χ3n) is 6.28. The van der Waals surface area contributed by atoms with Crippen molar-refractivity contribution < 1.29 is 44.3 Å². The van der Waals surface area contributed by atoms with Gasteiger partial charge in [0.25, 0.3) is 17.8 Å². The number of anilines is 3. The number of benzene rings is 1. The van der Waals surface area contributed by atoms with Crippen molar-refractivity contribution in [1.82, 2.24) is 4.98 Å². The summed E-state index contributed by atoms with van der Waals surface area (Å²) in [7, 11) is 0. The van der Waals surface area contributed by atoms with Gasteiger partial charge >= 0.3 is 12.4 Å². The molecule has 2 aliphatic rings. The number of carbonyl (C=O) groups is 1. The highest BCUT2D eigenvalue weighted by molar-refractivity contribution is 6.04. The van der Waals surface area contributed by atoms with Crippen molar-refractivity contribution in [2.24, 2.45) is 0 Å². The predicted molar refractivity (Wildman–Crippen MR) is 118 cm³/mol. The number of nitrogens with one attached hydrogen (secondary N) is 1. The molecule has 204 valence electrons. The Hall–Kier alpha value is -3.06. The van der Waals surface area contributed by atoms with Crippen LogP contribution in [0.2, 0.25) is 0 Å². The van der Waals surface area contributed by atoms with Crippen LogP contribution in [0.4, 0.5) is 52.5 Å². The first kappa shape index (κ1) is 27.0. The molecule has 0 unspecified atom stereocenters. The third kappa shape index (κ3) is 6.63. The summed E-state index contributed by atoms with van der Waals surface area (Å²) in [6, 6.07) is 2.73. The van der Waals surface area contributed by atoms with Gasteiger partial charge in [0.2, 0.25) is 0 Å². The largest absolute Gasteiger partial charge is 0.427 e. The number of carbonyl (C=O) groups excluding carboxylic acids is 1. The Morgan fingerprint density at radius 1 is 0.973 bits per heavy atom. The Kier molecular flexibility index (Phi) is 7.30. The molecule has 6 nitrogen and oxygen atoms in total. The van der Waals surface area contributed by atoms with Gasteiger partial charge in [-0.25, -0.2) is 8.78 Å².